The molecular formula is C14H23NO. The average molecular weight is 221 g/mol. The van der Waals surface area contributed by atoms with E-state index < -0.39 is 0 Å². The van der Waals surface area contributed by atoms with Gasteiger partial charge in [-0.1, -0.05) is 31.2 Å². The number of rotatable bonds is 8. The molecule has 1 amide bonds. The molecule has 2 heteroatoms. The average Bonchev–Trinajstić information content (AvgIpc) is 3.06. The Morgan fingerprint density at radius 2 is 2.00 bits per heavy atom. The van der Waals surface area contributed by atoms with Crippen molar-refractivity contribution in [2.24, 2.45) is 0 Å². The first-order valence-corrected chi connectivity index (χ1v) is 6.42. The number of unbranched alkanes of at least 4 members (excludes halogenated alkanes) is 1. The predicted molar refractivity (Wildman–Crippen MR) is 68.2 cm³/mol. The molecule has 0 radical (unpaired) electrons. The summed E-state index contributed by atoms with van der Waals surface area (Å²) in [5, 5.41) is 3.00. The van der Waals surface area contributed by atoms with E-state index in [4.69, 9.17) is 0 Å². The first-order valence-electron chi connectivity index (χ1n) is 6.42. The molecule has 90 valence electrons. The van der Waals surface area contributed by atoms with Gasteiger partial charge in [0, 0.05) is 12.5 Å². The van der Waals surface area contributed by atoms with Crippen LogP contribution >= 0.6 is 0 Å². The molecule has 1 aliphatic rings. The summed E-state index contributed by atoms with van der Waals surface area (Å²) in [7, 11) is 0. The standard InChI is InChI=1S/C14H23NO/c1-2-3-4-5-6-7-8-9-10-14(16)15-13-11-12-13/h3-4,6-7,13H,2,5,8-12H2,1H3,(H,15,16)/b4-3-,7-6-. The summed E-state index contributed by atoms with van der Waals surface area (Å²) >= 11 is 0. The van der Waals surface area contributed by atoms with E-state index in [1.54, 1.807) is 0 Å². The normalized spacial score (nSPS) is 16.1. The summed E-state index contributed by atoms with van der Waals surface area (Å²) in [5.74, 6) is 0.224. The topological polar surface area (TPSA) is 29.1 Å². The summed E-state index contributed by atoms with van der Waals surface area (Å²) in [6.45, 7) is 2.14. The van der Waals surface area contributed by atoms with Gasteiger partial charge >= 0.3 is 0 Å². The summed E-state index contributed by atoms with van der Waals surface area (Å²) < 4.78 is 0. The third kappa shape index (κ3) is 7.27. The van der Waals surface area contributed by atoms with Crippen LogP contribution in [0.1, 0.15) is 51.9 Å². The van der Waals surface area contributed by atoms with Crippen molar-refractivity contribution < 1.29 is 4.79 Å². The van der Waals surface area contributed by atoms with Crippen LogP contribution in [0.4, 0.5) is 0 Å². The molecule has 16 heavy (non-hydrogen) atoms. The zero-order valence-electron chi connectivity index (χ0n) is 10.2. The third-order valence-corrected chi connectivity index (χ3v) is 2.56. The highest BCUT2D eigenvalue weighted by Crippen LogP contribution is 2.18. The Balaban J connectivity index is 1.89. The fraction of sp³-hybridized carbons (Fsp3) is 0.643. The van der Waals surface area contributed by atoms with Crippen molar-refractivity contribution in [2.75, 3.05) is 0 Å². The van der Waals surface area contributed by atoms with Crippen LogP contribution in [-0.2, 0) is 4.79 Å². The van der Waals surface area contributed by atoms with E-state index in [2.05, 4.69) is 36.5 Å². The number of nitrogens with one attached hydrogen (secondary N) is 1. The second-order valence-corrected chi connectivity index (χ2v) is 4.32. The van der Waals surface area contributed by atoms with Crippen molar-refractivity contribution in [3.63, 3.8) is 0 Å². The minimum absolute atomic E-state index is 0.224. The van der Waals surface area contributed by atoms with Crippen molar-refractivity contribution >= 4 is 5.91 Å². The minimum atomic E-state index is 0.224. The summed E-state index contributed by atoms with van der Waals surface area (Å²) in [6, 6.07) is 0.502. The van der Waals surface area contributed by atoms with Crippen LogP contribution in [0.25, 0.3) is 0 Å². The number of hydrogen-bond acceptors (Lipinski definition) is 1. The number of carbonyl (C=O) groups excluding carboxylic acids is 1. The molecule has 0 atom stereocenters. The minimum Gasteiger partial charge on any atom is -0.353 e. The van der Waals surface area contributed by atoms with Gasteiger partial charge < -0.3 is 5.32 Å². The fourth-order valence-corrected chi connectivity index (χ4v) is 1.46. The van der Waals surface area contributed by atoms with Crippen molar-refractivity contribution in [1.29, 1.82) is 0 Å². The van der Waals surface area contributed by atoms with Gasteiger partial charge in [0.15, 0.2) is 0 Å². The molecule has 0 aromatic heterocycles. The predicted octanol–water partition coefficient (Wildman–Crippen LogP) is 3.35. The monoisotopic (exact) mass is 221 g/mol. The van der Waals surface area contributed by atoms with Gasteiger partial charge in [-0.3, -0.25) is 4.79 Å². The number of carbonyl (C=O) groups is 1. The highest BCUT2D eigenvalue weighted by Gasteiger charge is 2.22. The Kier molecular flexibility index (Phi) is 6.62. The maximum Gasteiger partial charge on any atom is 0.220 e. The van der Waals surface area contributed by atoms with Gasteiger partial charge in [-0.15, -0.1) is 0 Å². The van der Waals surface area contributed by atoms with Crippen molar-refractivity contribution in [3.05, 3.63) is 24.3 Å². The van der Waals surface area contributed by atoms with Crippen molar-refractivity contribution in [3.8, 4) is 0 Å². The van der Waals surface area contributed by atoms with Gasteiger partial charge in [-0.2, -0.15) is 0 Å². The Bertz CT molecular complexity index is 251. The van der Waals surface area contributed by atoms with Gasteiger partial charge in [-0.25, -0.2) is 0 Å². The lowest BCUT2D eigenvalue weighted by Gasteiger charge is -2.00. The molecule has 1 rings (SSSR count). The van der Waals surface area contributed by atoms with Crippen LogP contribution in [0.15, 0.2) is 24.3 Å². The third-order valence-electron chi connectivity index (χ3n) is 2.56. The lowest BCUT2D eigenvalue weighted by atomic mass is 10.2. The zero-order valence-corrected chi connectivity index (χ0v) is 10.2. The maximum atomic E-state index is 11.3. The summed E-state index contributed by atoms with van der Waals surface area (Å²) in [4.78, 5) is 11.3. The first kappa shape index (κ1) is 13.0. The molecule has 1 aliphatic carbocycles. The second-order valence-electron chi connectivity index (χ2n) is 4.32. The van der Waals surface area contributed by atoms with Gasteiger partial charge in [0.1, 0.15) is 0 Å². The van der Waals surface area contributed by atoms with E-state index >= 15 is 0 Å². The van der Waals surface area contributed by atoms with Crippen LogP contribution in [-0.4, -0.2) is 11.9 Å². The SMILES string of the molecule is CC/C=C\C/C=C\CCCC(=O)NC1CC1. The van der Waals surface area contributed by atoms with E-state index in [0.717, 1.165) is 25.7 Å². The number of amides is 1. The number of hydrogen-bond donors (Lipinski definition) is 1. The highest BCUT2D eigenvalue weighted by atomic mass is 16.1. The Labute approximate surface area is 98.8 Å². The van der Waals surface area contributed by atoms with Crippen molar-refractivity contribution in [2.45, 2.75) is 57.9 Å². The lowest BCUT2D eigenvalue weighted by Crippen LogP contribution is -2.24. The van der Waals surface area contributed by atoms with E-state index in [0.29, 0.717) is 12.5 Å². The molecule has 1 saturated carbocycles. The molecule has 0 spiro atoms. The summed E-state index contributed by atoms with van der Waals surface area (Å²) in [6.07, 6.45) is 15.8. The quantitative estimate of drug-likeness (QED) is 0.494. The molecule has 0 unspecified atom stereocenters. The fourth-order valence-electron chi connectivity index (χ4n) is 1.46. The Morgan fingerprint density at radius 3 is 2.69 bits per heavy atom. The molecule has 0 aliphatic heterocycles. The lowest BCUT2D eigenvalue weighted by molar-refractivity contribution is -0.121. The van der Waals surface area contributed by atoms with E-state index in [9.17, 15) is 4.79 Å². The smallest absolute Gasteiger partial charge is 0.220 e. The maximum absolute atomic E-state index is 11.3. The molecule has 0 saturated heterocycles. The molecule has 0 heterocycles. The zero-order chi connectivity index (χ0) is 11.6. The number of allylic oxidation sites excluding steroid dienone is 4. The van der Waals surface area contributed by atoms with Gasteiger partial charge in [0.2, 0.25) is 5.91 Å². The van der Waals surface area contributed by atoms with Crippen molar-refractivity contribution in [1.82, 2.24) is 5.32 Å². The van der Waals surface area contributed by atoms with Gasteiger partial charge in [0.25, 0.3) is 0 Å². The Morgan fingerprint density at radius 1 is 1.25 bits per heavy atom. The molecule has 1 fully saturated rings. The van der Waals surface area contributed by atoms with E-state index in [-0.39, 0.29) is 5.91 Å². The molecule has 0 bridgehead atoms. The van der Waals surface area contributed by atoms with Gasteiger partial charge in [-0.05, 0) is 38.5 Å². The molecule has 2 nitrogen and oxygen atoms in total. The molecule has 0 aromatic carbocycles. The van der Waals surface area contributed by atoms with Crippen LogP contribution in [0, 0.1) is 0 Å². The van der Waals surface area contributed by atoms with Crippen LogP contribution < -0.4 is 5.32 Å². The van der Waals surface area contributed by atoms with Crippen LogP contribution in [0.2, 0.25) is 0 Å². The molecular weight excluding hydrogens is 198 g/mol. The van der Waals surface area contributed by atoms with Gasteiger partial charge in [0.05, 0.1) is 0 Å². The summed E-state index contributed by atoms with van der Waals surface area (Å²) in [5.41, 5.74) is 0. The second kappa shape index (κ2) is 8.14. The highest BCUT2D eigenvalue weighted by molar-refractivity contribution is 5.76. The molecule has 1 N–H and O–H groups in total. The molecule has 0 aromatic rings. The first-order chi connectivity index (χ1) is 7.83. The largest absolute Gasteiger partial charge is 0.353 e. The van der Waals surface area contributed by atoms with Crippen LogP contribution in [0.3, 0.4) is 0 Å². The van der Waals surface area contributed by atoms with Crippen LogP contribution in [0.5, 0.6) is 0 Å². The Hall–Kier alpha value is -1.05. The van der Waals surface area contributed by atoms with E-state index in [1.807, 2.05) is 0 Å². The van der Waals surface area contributed by atoms with E-state index in [1.165, 1.54) is 12.8 Å².